The highest BCUT2D eigenvalue weighted by Crippen LogP contribution is 2.42. The molecular weight excluding hydrogens is 397 g/mol. The molecule has 0 aromatic heterocycles. The maximum Gasteiger partial charge on any atom is 0.573 e. The van der Waals surface area contributed by atoms with Crippen molar-refractivity contribution in [3.05, 3.63) is 29.8 Å². The van der Waals surface area contributed by atoms with Crippen molar-refractivity contribution < 1.29 is 17.9 Å². The monoisotopic (exact) mass is 434 g/mol. The fourth-order valence-corrected chi connectivity index (χ4v) is 5.47. The lowest BCUT2D eigenvalue weighted by atomic mass is 9.69. The number of alkyl halides is 3. The van der Waals surface area contributed by atoms with E-state index in [-0.39, 0.29) is 5.75 Å². The lowest BCUT2D eigenvalue weighted by Gasteiger charge is -2.37. The van der Waals surface area contributed by atoms with Crippen molar-refractivity contribution in [2.45, 2.75) is 96.8 Å². The van der Waals surface area contributed by atoms with Gasteiger partial charge >= 0.3 is 6.36 Å². The normalized spacial score (nSPS) is 26.7. The van der Waals surface area contributed by atoms with E-state index >= 15 is 0 Å². The fraction of sp³-hybridized carbons (Fsp3) is 0.704. The van der Waals surface area contributed by atoms with Crippen molar-refractivity contribution in [3.8, 4) is 17.6 Å². The first kappa shape index (κ1) is 24.0. The molecule has 0 saturated heterocycles. The number of rotatable bonds is 7. The zero-order valence-electron chi connectivity index (χ0n) is 18.9. The summed E-state index contributed by atoms with van der Waals surface area (Å²) in [5, 5.41) is 0. The quantitative estimate of drug-likeness (QED) is 0.309. The van der Waals surface area contributed by atoms with Crippen LogP contribution in [-0.4, -0.2) is 6.36 Å². The zero-order valence-corrected chi connectivity index (χ0v) is 18.9. The molecule has 172 valence electrons. The van der Waals surface area contributed by atoms with Crippen LogP contribution in [0.1, 0.15) is 96.0 Å². The van der Waals surface area contributed by atoms with Gasteiger partial charge in [0.05, 0.1) is 0 Å². The van der Waals surface area contributed by atoms with Gasteiger partial charge in [-0.25, -0.2) is 0 Å². The maximum atomic E-state index is 12.2. The van der Waals surface area contributed by atoms with Gasteiger partial charge in [0.2, 0.25) is 0 Å². The summed E-state index contributed by atoms with van der Waals surface area (Å²) >= 11 is 0. The van der Waals surface area contributed by atoms with Crippen molar-refractivity contribution in [3.63, 3.8) is 0 Å². The first-order valence-corrected chi connectivity index (χ1v) is 12.3. The van der Waals surface area contributed by atoms with E-state index in [1.54, 1.807) is 12.1 Å². The van der Waals surface area contributed by atoms with Crippen LogP contribution in [0.4, 0.5) is 13.2 Å². The van der Waals surface area contributed by atoms with Crippen LogP contribution >= 0.6 is 0 Å². The molecule has 0 amide bonds. The minimum atomic E-state index is -4.65. The zero-order chi connectivity index (χ0) is 22.1. The van der Waals surface area contributed by atoms with Gasteiger partial charge in [0.1, 0.15) is 5.75 Å². The Kier molecular flexibility index (Phi) is 9.17. The molecule has 1 aromatic carbocycles. The molecule has 4 heteroatoms. The van der Waals surface area contributed by atoms with E-state index < -0.39 is 6.36 Å². The molecule has 0 N–H and O–H groups in total. The van der Waals surface area contributed by atoms with E-state index in [1.165, 1.54) is 82.8 Å². The van der Waals surface area contributed by atoms with E-state index in [2.05, 4.69) is 23.5 Å². The van der Waals surface area contributed by atoms with E-state index in [0.717, 1.165) is 36.2 Å². The second-order valence-electron chi connectivity index (χ2n) is 9.58. The molecule has 2 fully saturated rings. The Balaban J connectivity index is 1.37. The van der Waals surface area contributed by atoms with E-state index in [4.69, 9.17) is 0 Å². The number of ether oxygens (including phenoxy) is 1. The third-order valence-electron chi connectivity index (χ3n) is 7.30. The predicted octanol–water partition coefficient (Wildman–Crippen LogP) is 8.52. The number of unbranched alkanes of at least 4 members (excludes halogenated alkanes) is 3. The van der Waals surface area contributed by atoms with Crippen LogP contribution in [0.3, 0.4) is 0 Å². The molecular formula is C27H37F3O. The first-order chi connectivity index (χ1) is 14.9. The highest BCUT2D eigenvalue weighted by atomic mass is 19.4. The second-order valence-corrected chi connectivity index (χ2v) is 9.58. The molecule has 0 aliphatic heterocycles. The molecule has 1 aromatic rings. The maximum absolute atomic E-state index is 12.2. The van der Waals surface area contributed by atoms with Gasteiger partial charge in [-0.15, -0.1) is 13.2 Å². The summed E-state index contributed by atoms with van der Waals surface area (Å²) in [6.07, 6.45) is 12.9. The molecule has 3 rings (SSSR count). The Morgan fingerprint density at radius 2 is 1.45 bits per heavy atom. The predicted molar refractivity (Wildman–Crippen MR) is 120 cm³/mol. The summed E-state index contributed by atoms with van der Waals surface area (Å²) in [7, 11) is 0. The van der Waals surface area contributed by atoms with Gasteiger partial charge < -0.3 is 4.74 Å². The lowest BCUT2D eigenvalue weighted by molar-refractivity contribution is -0.274. The largest absolute Gasteiger partial charge is 0.573 e. The van der Waals surface area contributed by atoms with Gasteiger partial charge in [-0.1, -0.05) is 63.7 Å². The molecule has 0 radical (unpaired) electrons. The Bertz CT molecular complexity index is 697. The van der Waals surface area contributed by atoms with Gasteiger partial charge in [0, 0.05) is 11.5 Å². The first-order valence-electron chi connectivity index (χ1n) is 12.3. The van der Waals surface area contributed by atoms with Crippen LogP contribution in [0.2, 0.25) is 0 Å². The van der Waals surface area contributed by atoms with Crippen molar-refractivity contribution in [2.75, 3.05) is 0 Å². The summed E-state index contributed by atoms with van der Waals surface area (Å²) in [5.41, 5.74) is 0.744. The molecule has 31 heavy (non-hydrogen) atoms. The summed E-state index contributed by atoms with van der Waals surface area (Å²) in [6.45, 7) is 2.28. The molecule has 2 saturated carbocycles. The van der Waals surface area contributed by atoms with Crippen LogP contribution in [0.5, 0.6) is 5.75 Å². The minimum absolute atomic E-state index is 0.200. The van der Waals surface area contributed by atoms with Crippen molar-refractivity contribution in [2.24, 2.45) is 23.7 Å². The van der Waals surface area contributed by atoms with Crippen LogP contribution in [-0.2, 0) is 0 Å². The van der Waals surface area contributed by atoms with Crippen molar-refractivity contribution in [1.29, 1.82) is 0 Å². The average molecular weight is 435 g/mol. The van der Waals surface area contributed by atoms with Crippen LogP contribution in [0.15, 0.2) is 24.3 Å². The van der Waals surface area contributed by atoms with Gasteiger partial charge in [-0.05, 0) is 80.5 Å². The number of hydrogen-bond donors (Lipinski definition) is 0. The van der Waals surface area contributed by atoms with Crippen molar-refractivity contribution >= 4 is 0 Å². The fourth-order valence-electron chi connectivity index (χ4n) is 5.47. The molecule has 0 bridgehead atoms. The Morgan fingerprint density at radius 1 is 0.839 bits per heavy atom. The highest BCUT2D eigenvalue weighted by molar-refractivity contribution is 5.38. The molecule has 1 nitrogen and oxygen atoms in total. The minimum Gasteiger partial charge on any atom is -0.406 e. The highest BCUT2D eigenvalue weighted by Gasteiger charge is 2.31. The molecule has 0 unspecified atom stereocenters. The number of benzene rings is 1. The Labute approximate surface area is 186 Å². The summed E-state index contributed by atoms with van der Waals surface area (Å²) in [4.78, 5) is 0. The summed E-state index contributed by atoms with van der Waals surface area (Å²) in [5.74, 6) is 9.48. The third-order valence-corrected chi connectivity index (χ3v) is 7.30. The number of hydrogen-bond acceptors (Lipinski definition) is 1. The van der Waals surface area contributed by atoms with E-state index in [9.17, 15) is 13.2 Å². The summed E-state index contributed by atoms with van der Waals surface area (Å²) < 4.78 is 40.6. The molecule has 0 spiro atoms. The third kappa shape index (κ3) is 8.43. The number of halogens is 3. The standard InChI is InChI=1S/C27H37F3O/c1-2-3-4-5-6-21-9-15-24(16-10-21)25-17-11-22(12-18-25)7-8-23-13-19-26(20-14-23)31-27(28,29)30/h13-14,19-22,24-25H,2-6,9-12,15-18H2,1H3/t21-,22-,24-,25-. The SMILES string of the molecule is CCCCCC[C@H]1CC[C@H]([C@H]2CC[C@H](C#Cc3ccc(OC(F)(F)F)cc3)CC2)CC1. The van der Waals surface area contributed by atoms with Gasteiger partial charge in [-0.2, -0.15) is 0 Å². The van der Waals surface area contributed by atoms with Crippen LogP contribution < -0.4 is 4.74 Å². The molecule has 2 aliphatic rings. The van der Waals surface area contributed by atoms with Crippen LogP contribution in [0, 0.1) is 35.5 Å². The Hall–Kier alpha value is -1.63. The van der Waals surface area contributed by atoms with E-state index in [1.807, 2.05) is 0 Å². The lowest BCUT2D eigenvalue weighted by Crippen LogP contribution is -2.25. The van der Waals surface area contributed by atoms with Gasteiger partial charge in [0.25, 0.3) is 0 Å². The molecule has 0 atom stereocenters. The smallest absolute Gasteiger partial charge is 0.406 e. The molecule has 2 aliphatic carbocycles. The van der Waals surface area contributed by atoms with E-state index in [0.29, 0.717) is 5.92 Å². The van der Waals surface area contributed by atoms with Crippen molar-refractivity contribution in [1.82, 2.24) is 0 Å². The van der Waals surface area contributed by atoms with Crippen LogP contribution in [0.25, 0.3) is 0 Å². The average Bonchev–Trinajstić information content (AvgIpc) is 2.76. The second kappa shape index (κ2) is 11.8. The van der Waals surface area contributed by atoms with Gasteiger partial charge in [-0.3, -0.25) is 0 Å². The Morgan fingerprint density at radius 3 is 2.03 bits per heavy atom. The topological polar surface area (TPSA) is 9.23 Å². The molecule has 0 heterocycles. The summed E-state index contributed by atoms with van der Waals surface area (Å²) in [6, 6.07) is 5.85. The van der Waals surface area contributed by atoms with Gasteiger partial charge in [0.15, 0.2) is 0 Å².